The Morgan fingerprint density at radius 1 is 0.559 bits per heavy atom. The Bertz CT molecular complexity index is 1200. The molecule has 0 amide bonds. The Morgan fingerprint density at radius 3 is 1.41 bits per heavy atom. The van der Waals surface area contributed by atoms with Crippen LogP contribution < -0.4 is 20.9 Å². The number of benzene rings is 3. The van der Waals surface area contributed by atoms with Crippen molar-refractivity contribution in [3.8, 4) is 23.0 Å². The molecule has 0 saturated carbocycles. The molecule has 0 bridgehead atoms. The number of halogens is 6. The molecule has 0 aliphatic heterocycles. The summed E-state index contributed by atoms with van der Waals surface area (Å²) in [6.45, 7) is 5.32. The third-order valence-corrected chi connectivity index (χ3v) is 4.82. The van der Waals surface area contributed by atoms with Crippen LogP contribution >= 0.6 is 0 Å². The quantitative estimate of drug-likeness (QED) is 0.293. The first-order valence-electron chi connectivity index (χ1n) is 9.99. The van der Waals surface area contributed by atoms with Crippen LogP contribution in [0, 0.1) is 0 Å². The van der Waals surface area contributed by atoms with Crippen LogP contribution in [0.25, 0.3) is 0 Å². The van der Waals surface area contributed by atoms with Crippen molar-refractivity contribution >= 4 is 11.4 Å². The van der Waals surface area contributed by atoms with Crippen molar-refractivity contribution < 1.29 is 35.8 Å². The summed E-state index contributed by atoms with van der Waals surface area (Å²) < 4.78 is 91.8. The number of hydrogen-bond donors (Lipinski definition) is 2. The van der Waals surface area contributed by atoms with Crippen LogP contribution in [0.1, 0.15) is 37.5 Å². The fourth-order valence-electron chi connectivity index (χ4n) is 3.21. The molecular weight excluding hydrogens is 462 g/mol. The lowest BCUT2D eigenvalue weighted by atomic mass is 9.86. The van der Waals surface area contributed by atoms with Crippen LogP contribution in [0.5, 0.6) is 23.0 Å². The SMILES string of the molecule is CC(C)(C)c1cc(Oc2ccc(N)cc2C(F)(F)F)ccc1Oc1ccc(N)cc1C(F)(F)F. The van der Waals surface area contributed by atoms with Crippen LogP contribution in [0.15, 0.2) is 54.6 Å². The van der Waals surface area contributed by atoms with Crippen LogP contribution in [-0.2, 0) is 17.8 Å². The molecule has 4 nitrogen and oxygen atoms in total. The van der Waals surface area contributed by atoms with Crippen LogP contribution in [0.4, 0.5) is 37.7 Å². The van der Waals surface area contributed by atoms with Gasteiger partial charge in [-0.05, 0) is 60.0 Å². The lowest BCUT2D eigenvalue weighted by Gasteiger charge is -2.25. The van der Waals surface area contributed by atoms with Crippen LogP contribution in [-0.4, -0.2) is 0 Å². The number of hydrogen-bond acceptors (Lipinski definition) is 4. The summed E-state index contributed by atoms with van der Waals surface area (Å²) in [4.78, 5) is 0. The average Bonchev–Trinajstić information content (AvgIpc) is 2.69. The lowest BCUT2D eigenvalue weighted by molar-refractivity contribution is -0.139. The molecule has 0 radical (unpaired) electrons. The molecule has 0 atom stereocenters. The maximum Gasteiger partial charge on any atom is 0.420 e. The zero-order valence-electron chi connectivity index (χ0n) is 18.4. The van der Waals surface area contributed by atoms with Crippen LogP contribution in [0.2, 0.25) is 0 Å². The van der Waals surface area contributed by atoms with Gasteiger partial charge >= 0.3 is 12.4 Å². The first-order chi connectivity index (χ1) is 15.6. The minimum absolute atomic E-state index is 0.0425. The predicted molar refractivity (Wildman–Crippen MR) is 117 cm³/mol. The second kappa shape index (κ2) is 8.66. The Labute approximate surface area is 192 Å². The van der Waals surface area contributed by atoms with Gasteiger partial charge in [-0.15, -0.1) is 0 Å². The molecule has 182 valence electrons. The molecule has 0 spiro atoms. The molecule has 0 aromatic heterocycles. The third-order valence-electron chi connectivity index (χ3n) is 4.82. The molecule has 4 N–H and O–H groups in total. The van der Waals surface area contributed by atoms with E-state index < -0.39 is 40.4 Å². The molecule has 3 aromatic carbocycles. The minimum Gasteiger partial charge on any atom is -0.457 e. The molecule has 0 fully saturated rings. The van der Waals surface area contributed by atoms with E-state index in [-0.39, 0.29) is 22.9 Å². The predicted octanol–water partition coefficient (Wildman–Crippen LogP) is 7.77. The molecule has 0 unspecified atom stereocenters. The highest BCUT2D eigenvalue weighted by Gasteiger charge is 2.36. The van der Waals surface area contributed by atoms with Gasteiger partial charge in [-0.1, -0.05) is 20.8 Å². The summed E-state index contributed by atoms with van der Waals surface area (Å²) in [6, 6.07) is 10.4. The average molecular weight is 484 g/mol. The van der Waals surface area contributed by atoms with Crippen LogP contribution in [0.3, 0.4) is 0 Å². The molecule has 3 aromatic rings. The van der Waals surface area contributed by atoms with E-state index in [4.69, 9.17) is 20.9 Å². The standard InChI is InChI=1S/C24H22F6N2O2/c1-22(2,3)16-12-15(33-20-7-4-13(31)10-17(20)23(25,26)27)6-9-19(16)34-21-8-5-14(32)11-18(21)24(28,29)30/h4-12H,31-32H2,1-3H3. The number of rotatable bonds is 4. The summed E-state index contributed by atoms with van der Waals surface area (Å²) in [7, 11) is 0. The van der Waals surface area contributed by atoms with Crippen molar-refractivity contribution in [2.45, 2.75) is 38.5 Å². The fourth-order valence-corrected chi connectivity index (χ4v) is 3.21. The largest absolute Gasteiger partial charge is 0.457 e. The summed E-state index contributed by atoms with van der Waals surface area (Å²) in [5, 5.41) is 0. The highest BCUT2D eigenvalue weighted by atomic mass is 19.4. The fraction of sp³-hybridized carbons (Fsp3) is 0.250. The summed E-state index contributed by atoms with van der Waals surface area (Å²) in [5.74, 6) is -0.795. The topological polar surface area (TPSA) is 70.5 Å². The molecule has 3 rings (SSSR count). The van der Waals surface area contributed by atoms with E-state index in [0.29, 0.717) is 5.56 Å². The first-order valence-corrected chi connectivity index (χ1v) is 9.99. The zero-order valence-corrected chi connectivity index (χ0v) is 18.4. The number of nitrogen functional groups attached to an aromatic ring is 2. The number of ether oxygens (including phenoxy) is 2. The molecule has 0 aliphatic rings. The van der Waals surface area contributed by atoms with Gasteiger partial charge in [-0.2, -0.15) is 26.3 Å². The van der Waals surface area contributed by atoms with Gasteiger partial charge in [-0.3, -0.25) is 0 Å². The van der Waals surface area contributed by atoms with E-state index >= 15 is 0 Å². The van der Waals surface area contributed by atoms with Gasteiger partial charge in [-0.25, -0.2) is 0 Å². The maximum atomic E-state index is 13.5. The monoisotopic (exact) mass is 484 g/mol. The highest BCUT2D eigenvalue weighted by molar-refractivity contribution is 5.54. The number of alkyl halides is 6. The van der Waals surface area contributed by atoms with Crippen molar-refractivity contribution in [1.29, 1.82) is 0 Å². The minimum atomic E-state index is -4.71. The number of nitrogens with two attached hydrogens (primary N) is 2. The van der Waals surface area contributed by atoms with E-state index in [9.17, 15) is 26.3 Å². The van der Waals surface area contributed by atoms with Crippen molar-refractivity contribution in [1.82, 2.24) is 0 Å². The van der Waals surface area contributed by atoms with E-state index in [1.54, 1.807) is 20.8 Å². The molecule has 10 heteroatoms. The van der Waals surface area contributed by atoms with Gasteiger partial charge in [0.2, 0.25) is 0 Å². The number of anilines is 2. The molecular formula is C24H22F6N2O2. The van der Waals surface area contributed by atoms with E-state index in [1.807, 2.05) is 0 Å². The smallest absolute Gasteiger partial charge is 0.420 e. The van der Waals surface area contributed by atoms with Gasteiger partial charge < -0.3 is 20.9 Å². The highest BCUT2D eigenvalue weighted by Crippen LogP contribution is 2.44. The summed E-state index contributed by atoms with van der Waals surface area (Å²) in [6.07, 6.45) is -9.41. The van der Waals surface area contributed by atoms with Crippen molar-refractivity contribution in [2.75, 3.05) is 11.5 Å². The van der Waals surface area contributed by atoms with E-state index in [1.165, 1.54) is 30.3 Å². The third kappa shape index (κ3) is 5.67. The first kappa shape index (κ1) is 25.1. The maximum absolute atomic E-state index is 13.5. The molecule has 0 aliphatic carbocycles. The second-order valence-electron chi connectivity index (χ2n) is 8.62. The Morgan fingerprint density at radius 2 is 0.971 bits per heavy atom. The normalized spacial score (nSPS) is 12.5. The molecule has 0 heterocycles. The van der Waals surface area contributed by atoms with Gasteiger partial charge in [0.15, 0.2) is 0 Å². The summed E-state index contributed by atoms with van der Waals surface area (Å²) in [5.41, 5.74) is 8.48. The Balaban J connectivity index is 2.04. The van der Waals surface area contributed by atoms with Gasteiger partial charge in [0.05, 0.1) is 0 Å². The van der Waals surface area contributed by atoms with Gasteiger partial charge in [0.25, 0.3) is 0 Å². The Hall–Kier alpha value is -3.56. The van der Waals surface area contributed by atoms with E-state index in [0.717, 1.165) is 24.3 Å². The van der Waals surface area contributed by atoms with Crippen molar-refractivity contribution in [2.24, 2.45) is 0 Å². The van der Waals surface area contributed by atoms with E-state index in [2.05, 4.69) is 0 Å². The zero-order chi connectivity index (χ0) is 25.5. The summed E-state index contributed by atoms with van der Waals surface area (Å²) >= 11 is 0. The second-order valence-corrected chi connectivity index (χ2v) is 8.62. The van der Waals surface area contributed by atoms with Crippen molar-refractivity contribution in [3.05, 3.63) is 71.3 Å². The van der Waals surface area contributed by atoms with Gasteiger partial charge in [0, 0.05) is 16.9 Å². The lowest BCUT2D eigenvalue weighted by Crippen LogP contribution is -2.14. The van der Waals surface area contributed by atoms with Gasteiger partial charge in [0.1, 0.15) is 34.1 Å². The molecule has 34 heavy (non-hydrogen) atoms. The Kier molecular flexibility index (Phi) is 6.38. The van der Waals surface area contributed by atoms with Crippen molar-refractivity contribution in [3.63, 3.8) is 0 Å². The molecule has 0 saturated heterocycles.